The van der Waals surface area contributed by atoms with Gasteiger partial charge in [0.1, 0.15) is 0 Å². The number of rotatable bonds is 2. The van der Waals surface area contributed by atoms with Crippen LogP contribution in [0.25, 0.3) is 0 Å². The summed E-state index contributed by atoms with van der Waals surface area (Å²) in [7, 11) is 0. The first-order valence-electron chi connectivity index (χ1n) is 2.82. The molecule has 1 aromatic rings. The van der Waals surface area contributed by atoms with Gasteiger partial charge in [-0.15, -0.1) is 0 Å². The monoisotopic (exact) mass is 153 g/mol. The maximum absolute atomic E-state index is 5.29. The van der Waals surface area contributed by atoms with Gasteiger partial charge in [-0.1, -0.05) is 12.2 Å². The number of nitrogens with two attached hydrogens (primary N) is 1. The van der Waals surface area contributed by atoms with Crippen molar-refractivity contribution in [2.24, 2.45) is 5.73 Å². The zero-order chi connectivity index (χ0) is 7.40. The Bertz CT molecular complexity index is 222. The van der Waals surface area contributed by atoms with Crippen LogP contribution in [0.1, 0.15) is 5.69 Å². The van der Waals surface area contributed by atoms with Gasteiger partial charge in [-0.2, -0.15) is 0 Å². The number of aromatic nitrogens is 2. The Morgan fingerprint density at radius 2 is 2.40 bits per heavy atom. The molecule has 0 atom stereocenters. The summed E-state index contributed by atoms with van der Waals surface area (Å²) in [4.78, 5) is 8.29. The Morgan fingerprint density at radius 1 is 1.60 bits per heavy atom. The molecule has 52 valence electrons. The zero-order valence-electron chi connectivity index (χ0n) is 5.32. The van der Waals surface area contributed by atoms with Crippen molar-refractivity contribution in [1.82, 2.24) is 9.97 Å². The highest BCUT2D eigenvalue weighted by Gasteiger charge is 1.93. The van der Waals surface area contributed by atoms with Gasteiger partial charge in [0, 0.05) is 25.0 Å². The van der Waals surface area contributed by atoms with Crippen LogP contribution >= 0.6 is 12.2 Å². The zero-order valence-corrected chi connectivity index (χ0v) is 6.14. The van der Waals surface area contributed by atoms with Gasteiger partial charge in [-0.05, 0) is 0 Å². The average molecular weight is 153 g/mol. The molecule has 0 saturated carbocycles. The molecule has 0 aliphatic carbocycles. The van der Waals surface area contributed by atoms with Crippen molar-refractivity contribution in [1.29, 1.82) is 0 Å². The largest absolute Gasteiger partial charge is 0.393 e. The van der Waals surface area contributed by atoms with Crippen molar-refractivity contribution in [3.8, 4) is 0 Å². The van der Waals surface area contributed by atoms with E-state index in [-0.39, 0.29) is 0 Å². The summed E-state index contributed by atoms with van der Waals surface area (Å²) in [5.74, 6) is 0. The first kappa shape index (κ1) is 7.08. The fourth-order valence-corrected chi connectivity index (χ4v) is 0.748. The molecule has 0 radical (unpaired) electrons. The minimum absolute atomic E-state index is 0.445. The van der Waals surface area contributed by atoms with E-state index < -0.39 is 0 Å². The first-order chi connectivity index (χ1) is 4.79. The molecule has 3 nitrogen and oxygen atoms in total. The molecular weight excluding hydrogens is 146 g/mol. The molecule has 0 fully saturated rings. The van der Waals surface area contributed by atoms with Crippen LogP contribution in [0, 0.1) is 0 Å². The third-order valence-electron chi connectivity index (χ3n) is 0.972. The molecule has 0 aliphatic heterocycles. The maximum Gasteiger partial charge on any atom is 0.0788 e. The van der Waals surface area contributed by atoms with Crippen molar-refractivity contribution in [3.63, 3.8) is 0 Å². The number of nitrogens with zero attached hydrogens (tertiary/aromatic N) is 2. The van der Waals surface area contributed by atoms with Crippen molar-refractivity contribution < 1.29 is 0 Å². The molecule has 0 unspecified atom stereocenters. The third kappa shape index (κ3) is 2.06. The lowest BCUT2D eigenvalue weighted by Gasteiger charge is -1.94. The second kappa shape index (κ2) is 3.22. The van der Waals surface area contributed by atoms with Crippen molar-refractivity contribution in [3.05, 3.63) is 24.3 Å². The van der Waals surface area contributed by atoms with E-state index in [1.54, 1.807) is 18.6 Å². The molecular formula is C6H7N3S. The SMILES string of the molecule is NC(=S)Cc1cnccn1. The van der Waals surface area contributed by atoms with Crippen LogP contribution in [0.2, 0.25) is 0 Å². The summed E-state index contributed by atoms with van der Waals surface area (Å²) in [6.45, 7) is 0. The molecule has 0 spiro atoms. The van der Waals surface area contributed by atoms with E-state index in [2.05, 4.69) is 22.2 Å². The Hall–Kier alpha value is -1.03. The van der Waals surface area contributed by atoms with E-state index in [1.807, 2.05) is 0 Å². The normalized spacial score (nSPS) is 9.20. The lowest BCUT2D eigenvalue weighted by Crippen LogP contribution is -2.11. The van der Waals surface area contributed by atoms with E-state index >= 15 is 0 Å². The molecule has 10 heavy (non-hydrogen) atoms. The van der Waals surface area contributed by atoms with Gasteiger partial charge >= 0.3 is 0 Å². The second-order valence-corrected chi connectivity index (χ2v) is 2.36. The summed E-state index contributed by atoms with van der Waals surface area (Å²) in [6, 6.07) is 0. The minimum atomic E-state index is 0.445. The van der Waals surface area contributed by atoms with Crippen molar-refractivity contribution in [2.45, 2.75) is 6.42 Å². The minimum Gasteiger partial charge on any atom is -0.393 e. The van der Waals surface area contributed by atoms with E-state index in [4.69, 9.17) is 5.73 Å². The first-order valence-corrected chi connectivity index (χ1v) is 3.23. The number of hydrogen-bond donors (Lipinski definition) is 1. The van der Waals surface area contributed by atoms with Crippen molar-refractivity contribution in [2.75, 3.05) is 0 Å². The van der Waals surface area contributed by atoms with Crippen LogP contribution in [-0.2, 0) is 6.42 Å². The average Bonchev–Trinajstić information content (AvgIpc) is 1.88. The fourth-order valence-electron chi connectivity index (χ4n) is 0.600. The molecule has 0 aromatic carbocycles. The molecule has 2 N–H and O–H groups in total. The summed E-state index contributed by atoms with van der Waals surface area (Å²) < 4.78 is 0. The standard InChI is InChI=1S/C6H7N3S/c7-6(10)3-5-4-8-1-2-9-5/h1-2,4H,3H2,(H2,7,10). The molecule has 0 saturated heterocycles. The Balaban J connectivity index is 2.67. The molecule has 0 bridgehead atoms. The van der Waals surface area contributed by atoms with Crippen molar-refractivity contribution >= 4 is 17.2 Å². The third-order valence-corrected chi connectivity index (χ3v) is 1.12. The Morgan fingerprint density at radius 3 is 2.90 bits per heavy atom. The topological polar surface area (TPSA) is 51.8 Å². The van der Waals surface area contributed by atoms with Gasteiger partial charge in [-0.25, -0.2) is 0 Å². The van der Waals surface area contributed by atoms with E-state index in [0.717, 1.165) is 5.69 Å². The second-order valence-electron chi connectivity index (χ2n) is 1.84. The van der Waals surface area contributed by atoms with Crippen LogP contribution in [0.5, 0.6) is 0 Å². The highest BCUT2D eigenvalue weighted by Crippen LogP contribution is 1.90. The molecule has 0 amide bonds. The van der Waals surface area contributed by atoms with E-state index in [9.17, 15) is 0 Å². The van der Waals surface area contributed by atoms with E-state index in [0.29, 0.717) is 11.4 Å². The molecule has 4 heteroatoms. The smallest absolute Gasteiger partial charge is 0.0788 e. The van der Waals surface area contributed by atoms with Gasteiger partial charge in [0.15, 0.2) is 0 Å². The fraction of sp³-hybridized carbons (Fsp3) is 0.167. The van der Waals surface area contributed by atoms with Gasteiger partial charge in [0.05, 0.1) is 10.7 Å². The summed E-state index contributed by atoms with van der Waals surface area (Å²) in [5, 5.41) is 0. The van der Waals surface area contributed by atoms with Crippen LogP contribution in [-0.4, -0.2) is 15.0 Å². The van der Waals surface area contributed by atoms with Crippen LogP contribution in [0.4, 0.5) is 0 Å². The lowest BCUT2D eigenvalue weighted by atomic mass is 10.3. The summed E-state index contributed by atoms with van der Waals surface area (Å²) in [5.41, 5.74) is 6.10. The van der Waals surface area contributed by atoms with Crippen LogP contribution < -0.4 is 5.73 Å². The number of hydrogen-bond acceptors (Lipinski definition) is 3. The predicted octanol–water partition coefficient (Wildman–Crippen LogP) is 0.305. The van der Waals surface area contributed by atoms with Gasteiger partial charge in [0.2, 0.25) is 0 Å². The van der Waals surface area contributed by atoms with Gasteiger partial charge < -0.3 is 5.73 Å². The molecule has 0 aliphatic rings. The van der Waals surface area contributed by atoms with Gasteiger partial charge in [-0.3, -0.25) is 9.97 Å². The van der Waals surface area contributed by atoms with Crippen LogP contribution in [0.15, 0.2) is 18.6 Å². The quantitative estimate of drug-likeness (QED) is 0.621. The van der Waals surface area contributed by atoms with E-state index in [1.165, 1.54) is 0 Å². The van der Waals surface area contributed by atoms with Gasteiger partial charge in [0.25, 0.3) is 0 Å². The predicted molar refractivity (Wildman–Crippen MR) is 42.5 cm³/mol. The Labute approximate surface area is 64.3 Å². The summed E-state index contributed by atoms with van der Waals surface area (Å²) in [6.07, 6.45) is 5.42. The molecule has 1 aromatic heterocycles. The highest BCUT2D eigenvalue weighted by molar-refractivity contribution is 7.80. The lowest BCUT2D eigenvalue weighted by molar-refractivity contribution is 1.08. The summed E-state index contributed by atoms with van der Waals surface area (Å²) >= 11 is 4.69. The van der Waals surface area contributed by atoms with Crippen LogP contribution in [0.3, 0.4) is 0 Å². The highest BCUT2D eigenvalue weighted by atomic mass is 32.1. The molecule has 1 rings (SSSR count). The molecule has 1 heterocycles. The Kier molecular flexibility index (Phi) is 2.28. The maximum atomic E-state index is 5.29. The number of thiocarbonyl (C=S) groups is 1.